The molecule has 0 spiro atoms. The largest absolute Gasteiger partial charge is 0.369 e. The van der Waals surface area contributed by atoms with Gasteiger partial charge in [0.25, 0.3) is 0 Å². The summed E-state index contributed by atoms with van der Waals surface area (Å²) in [6.45, 7) is 8.16. The van der Waals surface area contributed by atoms with Gasteiger partial charge in [0.05, 0.1) is 0 Å². The lowest BCUT2D eigenvalue weighted by Crippen LogP contribution is -2.41. The van der Waals surface area contributed by atoms with Gasteiger partial charge in [0.15, 0.2) is 0 Å². The van der Waals surface area contributed by atoms with Crippen LogP contribution < -0.4 is 10.2 Å². The van der Waals surface area contributed by atoms with Gasteiger partial charge in [-0.15, -0.1) is 0 Å². The third-order valence-electron chi connectivity index (χ3n) is 4.57. The van der Waals surface area contributed by atoms with Crippen LogP contribution in [0.5, 0.6) is 0 Å². The number of hydrogen-bond acceptors (Lipinski definition) is 2. The Morgan fingerprint density at radius 1 is 1.28 bits per heavy atom. The molecule has 2 heterocycles. The molecule has 2 nitrogen and oxygen atoms in total. The third kappa shape index (κ3) is 2.14. The SMILES string of the molecule is CC1CCN(c2cccc3c2CNCC3)C(C)C1. The Morgan fingerprint density at radius 2 is 2.17 bits per heavy atom. The van der Waals surface area contributed by atoms with Gasteiger partial charge in [-0.2, -0.15) is 0 Å². The maximum absolute atomic E-state index is 3.52. The average Bonchev–Trinajstić information content (AvgIpc) is 2.38. The van der Waals surface area contributed by atoms with Crippen LogP contribution in [0.3, 0.4) is 0 Å². The van der Waals surface area contributed by atoms with E-state index in [4.69, 9.17) is 0 Å². The highest BCUT2D eigenvalue weighted by atomic mass is 15.2. The number of fused-ring (bicyclic) bond motifs is 1. The van der Waals surface area contributed by atoms with Crippen molar-refractivity contribution < 1.29 is 0 Å². The molecule has 1 aromatic carbocycles. The molecule has 2 aliphatic rings. The summed E-state index contributed by atoms with van der Waals surface area (Å²) in [5.41, 5.74) is 4.58. The van der Waals surface area contributed by atoms with E-state index >= 15 is 0 Å². The lowest BCUT2D eigenvalue weighted by atomic mass is 9.91. The maximum atomic E-state index is 3.52. The van der Waals surface area contributed by atoms with E-state index in [-0.39, 0.29) is 0 Å². The van der Waals surface area contributed by atoms with Gasteiger partial charge >= 0.3 is 0 Å². The smallest absolute Gasteiger partial charge is 0.0417 e. The molecule has 0 aliphatic carbocycles. The van der Waals surface area contributed by atoms with E-state index < -0.39 is 0 Å². The van der Waals surface area contributed by atoms with E-state index in [1.807, 2.05) is 0 Å². The summed E-state index contributed by atoms with van der Waals surface area (Å²) in [6.07, 6.45) is 3.85. The van der Waals surface area contributed by atoms with Crippen molar-refractivity contribution in [2.24, 2.45) is 5.92 Å². The molecule has 2 atom stereocenters. The fraction of sp³-hybridized carbons (Fsp3) is 0.625. The van der Waals surface area contributed by atoms with Crippen molar-refractivity contribution in [3.8, 4) is 0 Å². The van der Waals surface area contributed by atoms with Gasteiger partial charge in [0.2, 0.25) is 0 Å². The Balaban J connectivity index is 1.92. The van der Waals surface area contributed by atoms with Crippen LogP contribution in [-0.4, -0.2) is 19.1 Å². The molecule has 18 heavy (non-hydrogen) atoms. The number of anilines is 1. The van der Waals surface area contributed by atoms with Crippen LogP contribution in [0.1, 0.15) is 37.8 Å². The first-order chi connectivity index (χ1) is 8.75. The number of rotatable bonds is 1. The molecule has 2 unspecified atom stereocenters. The van der Waals surface area contributed by atoms with Gasteiger partial charge in [0.1, 0.15) is 0 Å². The Hall–Kier alpha value is -1.02. The third-order valence-corrected chi connectivity index (χ3v) is 4.57. The fourth-order valence-corrected chi connectivity index (χ4v) is 3.53. The number of hydrogen-bond donors (Lipinski definition) is 1. The van der Waals surface area contributed by atoms with Crippen LogP contribution in [0.2, 0.25) is 0 Å². The van der Waals surface area contributed by atoms with Crippen LogP contribution in [0.15, 0.2) is 18.2 Å². The molecule has 2 aliphatic heterocycles. The average molecular weight is 244 g/mol. The maximum Gasteiger partial charge on any atom is 0.0417 e. The van der Waals surface area contributed by atoms with E-state index in [2.05, 4.69) is 42.3 Å². The van der Waals surface area contributed by atoms with E-state index in [1.54, 1.807) is 11.1 Å². The second-order valence-corrected chi connectivity index (χ2v) is 6.01. The highest BCUT2D eigenvalue weighted by Gasteiger charge is 2.25. The lowest BCUT2D eigenvalue weighted by molar-refractivity contribution is 0.377. The Labute approximate surface area is 110 Å². The van der Waals surface area contributed by atoms with E-state index in [1.165, 1.54) is 31.5 Å². The number of piperidine rings is 1. The highest BCUT2D eigenvalue weighted by molar-refractivity contribution is 5.58. The topological polar surface area (TPSA) is 15.3 Å². The van der Waals surface area contributed by atoms with Crippen LogP contribution in [0, 0.1) is 5.92 Å². The molecule has 1 saturated heterocycles. The minimum absolute atomic E-state index is 0.683. The number of nitrogens with zero attached hydrogens (tertiary/aromatic N) is 1. The quantitative estimate of drug-likeness (QED) is 0.817. The second-order valence-electron chi connectivity index (χ2n) is 6.01. The molecule has 98 valence electrons. The molecule has 0 radical (unpaired) electrons. The van der Waals surface area contributed by atoms with Gasteiger partial charge in [-0.25, -0.2) is 0 Å². The van der Waals surface area contributed by atoms with Gasteiger partial charge in [-0.05, 0) is 55.8 Å². The molecule has 1 N–H and O–H groups in total. The van der Waals surface area contributed by atoms with Crippen molar-refractivity contribution in [3.05, 3.63) is 29.3 Å². The van der Waals surface area contributed by atoms with Crippen molar-refractivity contribution in [2.75, 3.05) is 18.0 Å². The van der Waals surface area contributed by atoms with Crippen LogP contribution in [-0.2, 0) is 13.0 Å². The number of nitrogens with one attached hydrogen (secondary N) is 1. The molecule has 0 bridgehead atoms. The number of benzene rings is 1. The van der Waals surface area contributed by atoms with Crippen LogP contribution >= 0.6 is 0 Å². The molecule has 3 rings (SSSR count). The van der Waals surface area contributed by atoms with Gasteiger partial charge < -0.3 is 10.2 Å². The summed E-state index contributed by atoms with van der Waals surface area (Å²) in [5, 5.41) is 3.52. The van der Waals surface area contributed by atoms with Crippen molar-refractivity contribution in [3.63, 3.8) is 0 Å². The first kappa shape index (κ1) is 12.0. The summed E-state index contributed by atoms with van der Waals surface area (Å²) in [4.78, 5) is 2.63. The standard InChI is InChI=1S/C16H24N2/c1-12-7-9-18(13(2)10-12)16-5-3-4-14-6-8-17-11-15(14)16/h3-5,12-13,17H,6-11H2,1-2H3. The second kappa shape index (κ2) is 4.93. The minimum Gasteiger partial charge on any atom is -0.369 e. The summed E-state index contributed by atoms with van der Waals surface area (Å²) in [5.74, 6) is 0.883. The highest BCUT2D eigenvalue weighted by Crippen LogP contribution is 2.32. The zero-order chi connectivity index (χ0) is 12.5. The predicted octanol–water partition coefficient (Wildman–Crippen LogP) is 2.96. The molecular weight excluding hydrogens is 220 g/mol. The molecule has 1 fully saturated rings. The Kier molecular flexibility index (Phi) is 3.29. The van der Waals surface area contributed by atoms with E-state index in [0.717, 1.165) is 19.0 Å². The summed E-state index contributed by atoms with van der Waals surface area (Å²) >= 11 is 0. The Morgan fingerprint density at radius 3 is 3.00 bits per heavy atom. The zero-order valence-electron chi connectivity index (χ0n) is 11.6. The van der Waals surface area contributed by atoms with Gasteiger partial charge in [0, 0.05) is 24.8 Å². The molecule has 0 aromatic heterocycles. The molecule has 0 amide bonds. The van der Waals surface area contributed by atoms with Crippen molar-refractivity contribution in [1.82, 2.24) is 5.32 Å². The van der Waals surface area contributed by atoms with Crippen molar-refractivity contribution in [2.45, 2.75) is 45.7 Å². The molecule has 1 aromatic rings. The van der Waals surface area contributed by atoms with Gasteiger partial charge in [-0.1, -0.05) is 19.1 Å². The van der Waals surface area contributed by atoms with Crippen molar-refractivity contribution >= 4 is 5.69 Å². The normalized spacial score (nSPS) is 28.0. The van der Waals surface area contributed by atoms with Crippen LogP contribution in [0.25, 0.3) is 0 Å². The fourth-order valence-electron chi connectivity index (χ4n) is 3.53. The zero-order valence-corrected chi connectivity index (χ0v) is 11.6. The predicted molar refractivity (Wildman–Crippen MR) is 77.1 cm³/mol. The molecule has 0 saturated carbocycles. The minimum atomic E-state index is 0.683. The van der Waals surface area contributed by atoms with Crippen LogP contribution in [0.4, 0.5) is 5.69 Å². The van der Waals surface area contributed by atoms with E-state index in [0.29, 0.717) is 6.04 Å². The van der Waals surface area contributed by atoms with E-state index in [9.17, 15) is 0 Å². The Bertz CT molecular complexity index is 427. The monoisotopic (exact) mass is 244 g/mol. The first-order valence-corrected chi connectivity index (χ1v) is 7.34. The molecular formula is C16H24N2. The summed E-state index contributed by atoms with van der Waals surface area (Å²) in [6, 6.07) is 7.54. The summed E-state index contributed by atoms with van der Waals surface area (Å²) < 4.78 is 0. The lowest BCUT2D eigenvalue weighted by Gasteiger charge is -2.40. The molecule has 2 heteroatoms. The van der Waals surface area contributed by atoms with Crippen molar-refractivity contribution in [1.29, 1.82) is 0 Å². The van der Waals surface area contributed by atoms with Gasteiger partial charge in [-0.3, -0.25) is 0 Å². The summed E-state index contributed by atoms with van der Waals surface area (Å²) in [7, 11) is 0. The first-order valence-electron chi connectivity index (χ1n) is 7.34.